The van der Waals surface area contributed by atoms with Crippen molar-refractivity contribution < 1.29 is 9.00 Å². The van der Waals surface area contributed by atoms with Crippen molar-refractivity contribution in [2.45, 2.75) is 18.9 Å². The number of hydrogen-bond acceptors (Lipinski definition) is 4. The number of carbonyl (C=O) groups is 1. The molecule has 0 saturated carbocycles. The predicted molar refractivity (Wildman–Crippen MR) is 90.9 cm³/mol. The van der Waals surface area contributed by atoms with Crippen LogP contribution in [0.15, 0.2) is 29.6 Å². The topological polar surface area (TPSA) is 59.1 Å². The summed E-state index contributed by atoms with van der Waals surface area (Å²) in [6, 6.07) is 7.49. The summed E-state index contributed by atoms with van der Waals surface area (Å²) in [6.07, 6.45) is 1.54. The second kappa shape index (κ2) is 6.89. The number of rotatable bonds is 3. The summed E-state index contributed by atoms with van der Waals surface area (Å²) in [7, 11) is -0.719. The molecule has 1 aliphatic rings. The zero-order valence-corrected chi connectivity index (χ0v) is 14.1. The molecular formula is C15H15ClN2O2S2. The van der Waals surface area contributed by atoms with Crippen molar-refractivity contribution in [2.75, 3.05) is 11.5 Å². The zero-order valence-electron chi connectivity index (χ0n) is 11.8. The molecule has 1 N–H and O–H groups in total. The number of hydrogen-bond donors (Lipinski definition) is 1. The minimum Gasteiger partial charge on any atom is -0.348 e. The van der Waals surface area contributed by atoms with Gasteiger partial charge in [-0.3, -0.25) is 9.00 Å². The van der Waals surface area contributed by atoms with Crippen LogP contribution in [0.1, 0.15) is 23.3 Å². The van der Waals surface area contributed by atoms with Crippen LogP contribution in [0.25, 0.3) is 10.6 Å². The van der Waals surface area contributed by atoms with E-state index in [0.29, 0.717) is 22.2 Å². The molecule has 0 unspecified atom stereocenters. The van der Waals surface area contributed by atoms with Crippen LogP contribution in [0.5, 0.6) is 0 Å². The van der Waals surface area contributed by atoms with Crippen molar-refractivity contribution in [2.24, 2.45) is 0 Å². The van der Waals surface area contributed by atoms with E-state index in [0.717, 1.165) is 23.4 Å². The van der Waals surface area contributed by atoms with Gasteiger partial charge in [0.2, 0.25) is 0 Å². The molecule has 3 rings (SSSR count). The van der Waals surface area contributed by atoms with Crippen molar-refractivity contribution in [3.8, 4) is 10.6 Å². The summed E-state index contributed by atoms with van der Waals surface area (Å²) >= 11 is 7.31. The molecule has 1 fully saturated rings. The van der Waals surface area contributed by atoms with Crippen LogP contribution < -0.4 is 5.32 Å². The van der Waals surface area contributed by atoms with E-state index < -0.39 is 10.8 Å². The average Bonchev–Trinajstić information content (AvgIpc) is 3.00. The van der Waals surface area contributed by atoms with Gasteiger partial charge in [0.15, 0.2) is 0 Å². The molecule has 0 bridgehead atoms. The van der Waals surface area contributed by atoms with E-state index in [4.69, 9.17) is 11.6 Å². The Morgan fingerprint density at radius 3 is 2.64 bits per heavy atom. The van der Waals surface area contributed by atoms with E-state index >= 15 is 0 Å². The van der Waals surface area contributed by atoms with Crippen molar-refractivity contribution in [3.63, 3.8) is 0 Å². The van der Waals surface area contributed by atoms with Gasteiger partial charge in [-0.15, -0.1) is 11.3 Å². The Labute approximate surface area is 140 Å². The van der Waals surface area contributed by atoms with Crippen molar-refractivity contribution in [1.82, 2.24) is 10.3 Å². The van der Waals surface area contributed by atoms with Crippen LogP contribution in [-0.2, 0) is 10.8 Å². The number of halogens is 1. The highest BCUT2D eigenvalue weighted by Crippen LogP contribution is 2.25. The smallest absolute Gasteiger partial charge is 0.270 e. The fourth-order valence-electron chi connectivity index (χ4n) is 2.30. The number of amides is 1. The molecular weight excluding hydrogens is 340 g/mol. The third kappa shape index (κ3) is 3.74. The Hall–Kier alpha value is -1.24. The minimum atomic E-state index is -0.719. The van der Waals surface area contributed by atoms with E-state index in [1.54, 1.807) is 17.5 Å². The van der Waals surface area contributed by atoms with Crippen LogP contribution in [0.4, 0.5) is 0 Å². The van der Waals surface area contributed by atoms with E-state index in [-0.39, 0.29) is 11.9 Å². The highest BCUT2D eigenvalue weighted by molar-refractivity contribution is 7.85. The van der Waals surface area contributed by atoms with E-state index in [1.807, 2.05) is 12.1 Å². The number of nitrogens with one attached hydrogen (secondary N) is 1. The van der Waals surface area contributed by atoms with Crippen molar-refractivity contribution in [1.29, 1.82) is 0 Å². The molecule has 0 atom stereocenters. The third-order valence-corrected chi connectivity index (χ3v) is 6.08. The molecule has 0 aliphatic carbocycles. The molecule has 1 aliphatic heterocycles. The number of thiazole rings is 1. The maximum absolute atomic E-state index is 12.2. The fourth-order valence-corrected chi connectivity index (χ4v) is 4.53. The van der Waals surface area contributed by atoms with Crippen molar-refractivity contribution in [3.05, 3.63) is 40.4 Å². The number of carbonyl (C=O) groups excluding carboxylic acids is 1. The van der Waals surface area contributed by atoms with Gasteiger partial charge in [-0.1, -0.05) is 23.7 Å². The summed E-state index contributed by atoms with van der Waals surface area (Å²) in [5.74, 6) is 1.17. The van der Waals surface area contributed by atoms with Crippen LogP contribution in [0, 0.1) is 0 Å². The van der Waals surface area contributed by atoms with E-state index in [1.165, 1.54) is 11.3 Å². The molecule has 1 amide bonds. The Morgan fingerprint density at radius 1 is 1.27 bits per heavy atom. The van der Waals surface area contributed by atoms with Crippen molar-refractivity contribution >= 4 is 39.6 Å². The molecule has 22 heavy (non-hydrogen) atoms. The molecule has 2 aromatic rings. The summed E-state index contributed by atoms with van der Waals surface area (Å²) in [4.78, 5) is 16.6. The summed E-state index contributed by atoms with van der Waals surface area (Å²) in [5, 5.41) is 6.22. The number of benzene rings is 1. The van der Waals surface area contributed by atoms with Gasteiger partial charge < -0.3 is 5.32 Å². The summed E-state index contributed by atoms with van der Waals surface area (Å²) in [5.41, 5.74) is 1.38. The molecule has 0 spiro atoms. The van der Waals surface area contributed by atoms with Crippen LogP contribution in [-0.4, -0.2) is 32.6 Å². The predicted octanol–water partition coefficient (Wildman–Crippen LogP) is 3.10. The number of aromatic nitrogens is 1. The lowest BCUT2D eigenvalue weighted by atomic mass is 10.1. The van der Waals surface area contributed by atoms with E-state index in [9.17, 15) is 9.00 Å². The van der Waals surface area contributed by atoms with Gasteiger partial charge >= 0.3 is 0 Å². The molecule has 2 heterocycles. The first-order valence-corrected chi connectivity index (χ1v) is 9.74. The molecule has 116 valence electrons. The zero-order chi connectivity index (χ0) is 15.5. The van der Waals surface area contributed by atoms with Gasteiger partial charge in [-0.2, -0.15) is 0 Å². The lowest BCUT2D eigenvalue weighted by molar-refractivity contribution is 0.0930. The average molecular weight is 355 g/mol. The first kappa shape index (κ1) is 15.6. The maximum atomic E-state index is 12.2. The first-order valence-electron chi connectivity index (χ1n) is 6.99. The van der Waals surface area contributed by atoms with E-state index in [2.05, 4.69) is 10.3 Å². The number of nitrogens with zero attached hydrogens (tertiary/aromatic N) is 1. The van der Waals surface area contributed by atoms with Gasteiger partial charge in [-0.05, 0) is 25.0 Å². The lowest BCUT2D eigenvalue weighted by Gasteiger charge is -2.21. The van der Waals surface area contributed by atoms with Gasteiger partial charge in [-0.25, -0.2) is 4.98 Å². The minimum absolute atomic E-state index is 0.103. The second-order valence-corrected chi connectivity index (χ2v) is 8.13. The molecule has 0 radical (unpaired) electrons. The Bertz CT molecular complexity index is 690. The van der Waals surface area contributed by atoms with Gasteiger partial charge in [0.05, 0.1) is 0 Å². The van der Waals surface area contributed by atoms with Gasteiger partial charge in [0.25, 0.3) is 5.91 Å². The largest absolute Gasteiger partial charge is 0.348 e. The van der Waals surface area contributed by atoms with Crippen LogP contribution in [0.2, 0.25) is 5.02 Å². The molecule has 7 heteroatoms. The molecule has 1 aromatic carbocycles. The monoisotopic (exact) mass is 354 g/mol. The first-order chi connectivity index (χ1) is 10.6. The highest BCUT2D eigenvalue weighted by atomic mass is 35.5. The SMILES string of the molecule is O=C(NC1CCS(=O)CC1)c1csc(-c2ccc(Cl)cc2)n1. The van der Waals surface area contributed by atoms with Crippen LogP contribution in [0.3, 0.4) is 0 Å². The maximum Gasteiger partial charge on any atom is 0.270 e. The Kier molecular flexibility index (Phi) is 4.90. The molecule has 4 nitrogen and oxygen atoms in total. The van der Waals surface area contributed by atoms with Crippen LogP contribution >= 0.6 is 22.9 Å². The highest BCUT2D eigenvalue weighted by Gasteiger charge is 2.21. The summed E-state index contributed by atoms with van der Waals surface area (Å²) in [6.45, 7) is 0. The Balaban J connectivity index is 1.66. The molecule has 1 aromatic heterocycles. The normalized spacial score (nSPS) is 21.5. The summed E-state index contributed by atoms with van der Waals surface area (Å²) < 4.78 is 11.3. The fraction of sp³-hybridized carbons (Fsp3) is 0.333. The third-order valence-electron chi connectivity index (χ3n) is 3.55. The standard InChI is InChI=1S/C15H15ClN2O2S2/c16-11-3-1-10(2-4-11)15-18-13(9-21-15)14(19)17-12-5-7-22(20)8-6-12/h1-4,9,12H,5-8H2,(H,17,19). The van der Waals surface area contributed by atoms with Gasteiger partial charge in [0.1, 0.15) is 10.7 Å². The second-order valence-electron chi connectivity index (χ2n) is 5.14. The lowest BCUT2D eigenvalue weighted by Crippen LogP contribution is -2.39. The van der Waals surface area contributed by atoms with Gasteiger partial charge in [0, 0.05) is 44.3 Å². The Morgan fingerprint density at radius 2 is 1.95 bits per heavy atom. The molecule has 1 saturated heterocycles. The quantitative estimate of drug-likeness (QED) is 0.921.